The van der Waals surface area contributed by atoms with Gasteiger partial charge in [0.2, 0.25) is 17.7 Å². The van der Waals surface area contributed by atoms with Crippen LogP contribution in [0.5, 0.6) is 5.75 Å². The van der Waals surface area contributed by atoms with E-state index in [4.69, 9.17) is 9.26 Å². The van der Waals surface area contributed by atoms with Crippen LogP contribution in [-0.2, 0) is 6.42 Å². The van der Waals surface area contributed by atoms with E-state index < -0.39 is 11.6 Å². The largest absolute Gasteiger partial charge is 0.493 e. The molecular weight excluding hydrogens is 476 g/mol. The molecule has 1 aliphatic heterocycles. The molecule has 1 aliphatic rings. The average Bonchev–Trinajstić information content (AvgIpc) is 3.37. The molecule has 0 saturated carbocycles. The molecule has 0 aliphatic carbocycles. The number of benzene rings is 1. The molecule has 1 aromatic carbocycles. The molecular formula is C28H37F2N5O2. The average molecular weight is 514 g/mol. The molecule has 4 rings (SSSR count). The third-order valence-corrected chi connectivity index (χ3v) is 6.86. The van der Waals surface area contributed by atoms with Crippen molar-refractivity contribution in [3.05, 3.63) is 47.6 Å². The summed E-state index contributed by atoms with van der Waals surface area (Å²) in [7, 11) is 0. The number of piperidine rings is 1. The van der Waals surface area contributed by atoms with Crippen LogP contribution >= 0.6 is 0 Å². The van der Waals surface area contributed by atoms with Gasteiger partial charge in [-0.2, -0.15) is 4.98 Å². The van der Waals surface area contributed by atoms with Crippen LogP contribution in [0.15, 0.2) is 29.0 Å². The van der Waals surface area contributed by atoms with Gasteiger partial charge in [-0.1, -0.05) is 38.8 Å². The first-order valence-corrected chi connectivity index (χ1v) is 13.5. The predicted octanol–water partition coefficient (Wildman–Crippen LogP) is 6.74. The minimum Gasteiger partial charge on any atom is -0.493 e. The Morgan fingerprint density at radius 3 is 2.38 bits per heavy atom. The minimum atomic E-state index is -0.769. The molecule has 0 radical (unpaired) electrons. The van der Waals surface area contributed by atoms with Crippen LogP contribution < -0.4 is 9.64 Å². The standard InChI is InChI=1S/C28H37F2N5O2/c1-4-5-6-8-21-17-31-28(32-18-21)35-12-10-20(11-13-35)9-7-14-36-22-15-23(29)25(24(30)16-22)26-33-27(19(2)3)37-34-26/h15-20H,4-14H2,1-3H3. The van der Waals surface area contributed by atoms with Crippen molar-refractivity contribution in [1.29, 1.82) is 0 Å². The Morgan fingerprint density at radius 2 is 1.76 bits per heavy atom. The first kappa shape index (κ1) is 26.9. The van der Waals surface area contributed by atoms with Crippen molar-refractivity contribution in [2.24, 2.45) is 5.92 Å². The Morgan fingerprint density at radius 1 is 1.05 bits per heavy atom. The smallest absolute Gasteiger partial charge is 0.229 e. The van der Waals surface area contributed by atoms with E-state index in [1.807, 2.05) is 26.2 Å². The first-order chi connectivity index (χ1) is 17.9. The number of nitrogens with zero attached hydrogens (tertiary/aromatic N) is 5. The van der Waals surface area contributed by atoms with Crippen LogP contribution in [0.1, 0.15) is 83.1 Å². The number of rotatable bonds is 12. The third-order valence-electron chi connectivity index (χ3n) is 6.86. The van der Waals surface area contributed by atoms with E-state index in [0.29, 0.717) is 18.4 Å². The zero-order chi connectivity index (χ0) is 26.2. The Hall–Kier alpha value is -3.10. The third kappa shape index (κ3) is 7.23. The summed E-state index contributed by atoms with van der Waals surface area (Å²) >= 11 is 0. The Kier molecular flexibility index (Phi) is 9.41. The molecule has 0 N–H and O–H groups in total. The van der Waals surface area contributed by atoms with Gasteiger partial charge in [-0.25, -0.2) is 18.7 Å². The zero-order valence-electron chi connectivity index (χ0n) is 22.1. The van der Waals surface area contributed by atoms with Crippen LogP contribution in [0.2, 0.25) is 0 Å². The molecule has 0 bridgehead atoms. The molecule has 0 amide bonds. The lowest BCUT2D eigenvalue weighted by Crippen LogP contribution is -2.35. The van der Waals surface area contributed by atoms with Gasteiger partial charge in [0.1, 0.15) is 17.4 Å². The van der Waals surface area contributed by atoms with E-state index in [1.54, 1.807) is 0 Å². The van der Waals surface area contributed by atoms with E-state index in [-0.39, 0.29) is 23.1 Å². The molecule has 1 saturated heterocycles. The van der Waals surface area contributed by atoms with Crippen molar-refractivity contribution in [2.45, 2.75) is 78.1 Å². The van der Waals surface area contributed by atoms with E-state index in [0.717, 1.165) is 51.1 Å². The summed E-state index contributed by atoms with van der Waals surface area (Å²) in [5.74, 6) is 0.253. The second kappa shape index (κ2) is 12.9. The fourth-order valence-corrected chi connectivity index (χ4v) is 4.62. The van der Waals surface area contributed by atoms with Crippen molar-refractivity contribution < 1.29 is 18.0 Å². The van der Waals surface area contributed by atoms with E-state index in [9.17, 15) is 8.78 Å². The highest BCUT2D eigenvalue weighted by Crippen LogP contribution is 2.29. The molecule has 2 aromatic heterocycles. The lowest BCUT2D eigenvalue weighted by Gasteiger charge is -2.32. The molecule has 3 heterocycles. The summed E-state index contributed by atoms with van der Waals surface area (Å²) in [4.78, 5) is 15.5. The van der Waals surface area contributed by atoms with Gasteiger partial charge in [0, 0.05) is 43.5 Å². The maximum Gasteiger partial charge on any atom is 0.229 e. The highest BCUT2D eigenvalue weighted by molar-refractivity contribution is 5.58. The SMILES string of the molecule is CCCCCc1cnc(N2CCC(CCCOc3cc(F)c(-c4noc(C(C)C)n4)c(F)c3)CC2)nc1. The van der Waals surface area contributed by atoms with Gasteiger partial charge in [0.15, 0.2) is 0 Å². The van der Waals surface area contributed by atoms with Gasteiger partial charge < -0.3 is 14.2 Å². The number of aryl methyl sites for hydroxylation is 1. The van der Waals surface area contributed by atoms with Crippen molar-refractivity contribution in [2.75, 3.05) is 24.6 Å². The van der Waals surface area contributed by atoms with Crippen molar-refractivity contribution in [3.8, 4) is 17.1 Å². The van der Waals surface area contributed by atoms with Gasteiger partial charge in [-0.05, 0) is 50.0 Å². The quantitative estimate of drug-likeness (QED) is 0.248. The molecule has 0 atom stereocenters. The summed E-state index contributed by atoms with van der Waals surface area (Å²) in [6, 6.07) is 2.36. The summed E-state index contributed by atoms with van der Waals surface area (Å²) in [5.41, 5.74) is 0.904. The number of hydrogen-bond donors (Lipinski definition) is 0. The molecule has 7 nitrogen and oxygen atoms in total. The second-order valence-electron chi connectivity index (χ2n) is 10.1. The van der Waals surface area contributed by atoms with Gasteiger partial charge >= 0.3 is 0 Å². The molecule has 0 spiro atoms. The summed E-state index contributed by atoms with van der Waals surface area (Å²) in [5, 5.41) is 3.71. The van der Waals surface area contributed by atoms with Crippen LogP contribution in [0.25, 0.3) is 11.4 Å². The van der Waals surface area contributed by atoms with Crippen molar-refractivity contribution in [3.63, 3.8) is 0 Å². The maximum absolute atomic E-state index is 14.6. The number of hydrogen-bond acceptors (Lipinski definition) is 7. The maximum atomic E-state index is 14.6. The number of anilines is 1. The normalized spacial score (nSPS) is 14.5. The zero-order valence-corrected chi connectivity index (χ0v) is 22.1. The topological polar surface area (TPSA) is 77.2 Å². The lowest BCUT2D eigenvalue weighted by atomic mass is 9.92. The highest BCUT2D eigenvalue weighted by Gasteiger charge is 2.22. The first-order valence-electron chi connectivity index (χ1n) is 13.5. The van der Waals surface area contributed by atoms with E-state index >= 15 is 0 Å². The van der Waals surface area contributed by atoms with Crippen molar-refractivity contribution in [1.82, 2.24) is 20.1 Å². The molecule has 37 heavy (non-hydrogen) atoms. The van der Waals surface area contributed by atoms with Crippen LogP contribution in [0, 0.1) is 17.6 Å². The van der Waals surface area contributed by atoms with Gasteiger partial charge in [0.25, 0.3) is 0 Å². The Balaban J connectivity index is 1.19. The summed E-state index contributed by atoms with van der Waals surface area (Å²) in [6.07, 6.45) is 12.6. The number of unbranched alkanes of at least 4 members (excludes halogenated alkanes) is 2. The van der Waals surface area contributed by atoms with Crippen LogP contribution in [-0.4, -0.2) is 39.8 Å². The van der Waals surface area contributed by atoms with Crippen LogP contribution in [0.4, 0.5) is 14.7 Å². The van der Waals surface area contributed by atoms with Gasteiger partial charge in [0.05, 0.1) is 12.2 Å². The highest BCUT2D eigenvalue weighted by atomic mass is 19.1. The summed E-state index contributed by atoms with van der Waals surface area (Å²) < 4.78 is 40.0. The number of aromatic nitrogens is 4. The fraction of sp³-hybridized carbons (Fsp3) is 0.571. The monoisotopic (exact) mass is 513 g/mol. The Labute approximate surface area is 217 Å². The van der Waals surface area contributed by atoms with Crippen LogP contribution in [0.3, 0.4) is 0 Å². The molecule has 3 aromatic rings. The van der Waals surface area contributed by atoms with Gasteiger partial charge in [-0.15, -0.1) is 0 Å². The number of ether oxygens (including phenoxy) is 1. The summed E-state index contributed by atoms with van der Waals surface area (Å²) in [6.45, 7) is 8.22. The van der Waals surface area contributed by atoms with E-state index in [2.05, 4.69) is 31.9 Å². The molecule has 1 fully saturated rings. The molecule has 0 unspecified atom stereocenters. The molecule has 200 valence electrons. The van der Waals surface area contributed by atoms with Crippen molar-refractivity contribution >= 4 is 5.95 Å². The van der Waals surface area contributed by atoms with E-state index in [1.165, 1.54) is 37.0 Å². The number of halogens is 2. The van der Waals surface area contributed by atoms with Gasteiger partial charge in [-0.3, -0.25) is 0 Å². The second-order valence-corrected chi connectivity index (χ2v) is 10.1. The fourth-order valence-electron chi connectivity index (χ4n) is 4.62. The Bertz CT molecular complexity index is 1100. The lowest BCUT2D eigenvalue weighted by molar-refractivity contribution is 0.277. The minimum absolute atomic E-state index is 0.0257. The molecule has 9 heteroatoms. The predicted molar refractivity (Wildman–Crippen MR) is 139 cm³/mol.